The molecule has 0 radical (unpaired) electrons. The molecule has 1 aromatic heterocycles. The van der Waals surface area contributed by atoms with Gasteiger partial charge in [0, 0.05) is 12.3 Å². The normalized spacial score (nSPS) is 11.1. The van der Waals surface area contributed by atoms with Crippen molar-refractivity contribution in [1.29, 1.82) is 0 Å². The number of carbonyl (C=O) groups excluding carboxylic acids is 1. The van der Waals surface area contributed by atoms with E-state index >= 15 is 0 Å². The van der Waals surface area contributed by atoms with Crippen molar-refractivity contribution in [3.05, 3.63) is 53.9 Å². The Morgan fingerprint density at radius 2 is 2.04 bits per heavy atom. The van der Waals surface area contributed by atoms with Crippen LogP contribution in [0.4, 0.5) is 5.69 Å². The highest BCUT2D eigenvalue weighted by Gasteiger charge is 2.10. The molecule has 26 heavy (non-hydrogen) atoms. The molecule has 3 rings (SSSR count). The summed E-state index contributed by atoms with van der Waals surface area (Å²) in [5.74, 6) is 2.03. The molecule has 0 bridgehead atoms. The van der Waals surface area contributed by atoms with E-state index in [1.165, 1.54) is 0 Å². The number of nitrogens with one attached hydrogen (secondary N) is 2. The summed E-state index contributed by atoms with van der Waals surface area (Å²) in [7, 11) is 0. The number of imidazole rings is 1. The van der Waals surface area contributed by atoms with E-state index in [1.807, 2.05) is 43.3 Å². The number of aryl methyl sites for hydroxylation is 1. The number of rotatable bonds is 7. The molecule has 0 aliphatic carbocycles. The third kappa shape index (κ3) is 4.23. The number of benzene rings is 2. The molecule has 3 aromatic rings. The van der Waals surface area contributed by atoms with Gasteiger partial charge in [-0.05, 0) is 43.2 Å². The Labute approximate surface area is 153 Å². The Balaban J connectivity index is 1.63. The van der Waals surface area contributed by atoms with Crippen molar-refractivity contribution in [1.82, 2.24) is 9.97 Å². The van der Waals surface area contributed by atoms with Gasteiger partial charge >= 0.3 is 0 Å². The van der Waals surface area contributed by atoms with Gasteiger partial charge in [-0.25, -0.2) is 4.98 Å². The first-order chi connectivity index (χ1) is 12.6. The Kier molecular flexibility index (Phi) is 5.56. The van der Waals surface area contributed by atoms with Gasteiger partial charge in [-0.3, -0.25) is 4.79 Å². The lowest BCUT2D eigenvalue weighted by molar-refractivity contribution is -0.116. The maximum absolute atomic E-state index is 12.3. The van der Waals surface area contributed by atoms with Crippen molar-refractivity contribution in [2.45, 2.75) is 39.5 Å². The molecule has 0 saturated carbocycles. The van der Waals surface area contributed by atoms with Gasteiger partial charge in [-0.15, -0.1) is 0 Å². The third-order valence-corrected chi connectivity index (χ3v) is 4.21. The van der Waals surface area contributed by atoms with Crippen LogP contribution in [0, 0.1) is 0 Å². The Hall–Kier alpha value is -2.82. The minimum atomic E-state index is -0.0234. The quantitative estimate of drug-likeness (QED) is 0.651. The number of para-hydroxylation sites is 2. The first-order valence-corrected chi connectivity index (χ1v) is 9.07. The van der Waals surface area contributed by atoms with Crippen LogP contribution in [-0.4, -0.2) is 22.5 Å². The Morgan fingerprint density at radius 3 is 2.81 bits per heavy atom. The molecular weight excluding hydrogens is 326 g/mol. The van der Waals surface area contributed by atoms with Crippen LogP contribution in [-0.2, 0) is 11.2 Å². The molecule has 0 unspecified atom stereocenters. The van der Waals surface area contributed by atoms with E-state index in [2.05, 4.69) is 35.2 Å². The lowest BCUT2D eigenvalue weighted by Gasteiger charge is -2.11. The van der Waals surface area contributed by atoms with Crippen molar-refractivity contribution < 1.29 is 9.53 Å². The molecule has 0 atom stereocenters. The molecule has 0 aliphatic rings. The summed E-state index contributed by atoms with van der Waals surface area (Å²) in [6.07, 6.45) is 1.09. The number of amides is 1. The summed E-state index contributed by atoms with van der Waals surface area (Å²) in [6, 6.07) is 13.6. The Morgan fingerprint density at radius 1 is 1.23 bits per heavy atom. The molecular formula is C21H25N3O2. The van der Waals surface area contributed by atoms with E-state index in [9.17, 15) is 4.79 Å². The second-order valence-corrected chi connectivity index (χ2v) is 6.61. The van der Waals surface area contributed by atoms with Crippen molar-refractivity contribution in [2.75, 3.05) is 11.9 Å². The van der Waals surface area contributed by atoms with E-state index < -0.39 is 0 Å². The van der Waals surface area contributed by atoms with Crippen molar-refractivity contribution in [2.24, 2.45) is 0 Å². The molecule has 2 N–H and O–H groups in total. The van der Waals surface area contributed by atoms with Crippen LogP contribution >= 0.6 is 0 Å². The highest BCUT2D eigenvalue weighted by atomic mass is 16.5. The molecule has 0 fully saturated rings. The number of hydrogen-bond donors (Lipinski definition) is 2. The topological polar surface area (TPSA) is 67.0 Å². The van der Waals surface area contributed by atoms with Crippen LogP contribution in [0.1, 0.15) is 44.5 Å². The molecule has 0 aliphatic heterocycles. The third-order valence-electron chi connectivity index (χ3n) is 4.21. The maximum atomic E-state index is 12.3. The average Bonchev–Trinajstić information content (AvgIpc) is 3.05. The number of fused-ring (bicyclic) bond motifs is 1. The summed E-state index contributed by atoms with van der Waals surface area (Å²) in [5, 5.41) is 2.94. The summed E-state index contributed by atoms with van der Waals surface area (Å²) in [5.41, 5.74) is 3.82. The van der Waals surface area contributed by atoms with Crippen molar-refractivity contribution in [3.63, 3.8) is 0 Å². The largest absolute Gasteiger partial charge is 0.492 e. The second-order valence-electron chi connectivity index (χ2n) is 6.61. The van der Waals surface area contributed by atoms with E-state index in [0.717, 1.165) is 22.4 Å². The van der Waals surface area contributed by atoms with Gasteiger partial charge in [-0.1, -0.05) is 32.0 Å². The zero-order valence-electron chi connectivity index (χ0n) is 15.5. The smallest absolute Gasteiger partial charge is 0.224 e. The summed E-state index contributed by atoms with van der Waals surface area (Å²) in [6.45, 7) is 6.72. The van der Waals surface area contributed by atoms with Crippen molar-refractivity contribution >= 4 is 22.6 Å². The fourth-order valence-electron chi connectivity index (χ4n) is 2.83. The fraction of sp³-hybridized carbons (Fsp3) is 0.333. The zero-order chi connectivity index (χ0) is 18.5. The van der Waals surface area contributed by atoms with E-state index in [1.54, 1.807) is 0 Å². The number of aromatic nitrogens is 2. The highest BCUT2D eigenvalue weighted by Crippen LogP contribution is 2.24. The molecule has 1 heterocycles. The first kappa shape index (κ1) is 18.0. The van der Waals surface area contributed by atoms with Crippen LogP contribution < -0.4 is 10.1 Å². The molecule has 2 aromatic carbocycles. The van der Waals surface area contributed by atoms with Gasteiger partial charge in [0.25, 0.3) is 0 Å². The number of H-pyrrole nitrogens is 1. The molecule has 136 valence electrons. The highest BCUT2D eigenvalue weighted by molar-refractivity contribution is 5.92. The summed E-state index contributed by atoms with van der Waals surface area (Å²) in [4.78, 5) is 20.3. The monoisotopic (exact) mass is 351 g/mol. The number of ether oxygens (including phenoxy) is 1. The first-order valence-electron chi connectivity index (χ1n) is 9.07. The van der Waals surface area contributed by atoms with Gasteiger partial charge < -0.3 is 15.0 Å². The SMILES string of the molecule is CCOc1ccccc1NC(=O)CCc1ccc2nc(C(C)C)[nH]c2c1. The van der Waals surface area contributed by atoms with Gasteiger partial charge in [-0.2, -0.15) is 0 Å². The standard InChI is InChI=1S/C21H25N3O2/c1-4-26-19-8-6-5-7-17(19)22-20(25)12-10-15-9-11-16-18(13-15)24-21(23-16)14(2)3/h5-9,11,13-14H,4,10,12H2,1-3H3,(H,22,25)(H,23,24). The Bertz CT molecular complexity index is 899. The van der Waals surface area contributed by atoms with Crippen LogP contribution in [0.3, 0.4) is 0 Å². The number of nitrogens with zero attached hydrogens (tertiary/aromatic N) is 1. The van der Waals surface area contributed by atoms with Gasteiger partial charge in [0.15, 0.2) is 0 Å². The average molecular weight is 351 g/mol. The van der Waals surface area contributed by atoms with Crippen LogP contribution in [0.2, 0.25) is 0 Å². The molecule has 5 nitrogen and oxygen atoms in total. The predicted molar refractivity (Wildman–Crippen MR) is 105 cm³/mol. The van der Waals surface area contributed by atoms with E-state index in [-0.39, 0.29) is 5.91 Å². The maximum Gasteiger partial charge on any atom is 0.224 e. The van der Waals surface area contributed by atoms with Crippen LogP contribution in [0.5, 0.6) is 5.75 Å². The zero-order valence-corrected chi connectivity index (χ0v) is 15.5. The predicted octanol–water partition coefficient (Wildman–Crippen LogP) is 4.66. The van der Waals surface area contributed by atoms with E-state index in [4.69, 9.17) is 4.74 Å². The lowest BCUT2D eigenvalue weighted by Crippen LogP contribution is -2.13. The van der Waals surface area contributed by atoms with E-state index in [0.29, 0.717) is 36.8 Å². The lowest BCUT2D eigenvalue weighted by atomic mass is 10.1. The number of aromatic amines is 1. The van der Waals surface area contributed by atoms with Crippen LogP contribution in [0.25, 0.3) is 11.0 Å². The molecule has 0 saturated heterocycles. The fourth-order valence-corrected chi connectivity index (χ4v) is 2.83. The van der Waals surface area contributed by atoms with Crippen molar-refractivity contribution in [3.8, 4) is 5.75 Å². The minimum Gasteiger partial charge on any atom is -0.492 e. The summed E-state index contributed by atoms with van der Waals surface area (Å²) >= 11 is 0. The number of hydrogen-bond acceptors (Lipinski definition) is 3. The minimum absolute atomic E-state index is 0.0234. The van der Waals surface area contributed by atoms with Gasteiger partial charge in [0.2, 0.25) is 5.91 Å². The second kappa shape index (κ2) is 8.04. The summed E-state index contributed by atoms with van der Waals surface area (Å²) < 4.78 is 5.54. The molecule has 0 spiro atoms. The van der Waals surface area contributed by atoms with Gasteiger partial charge in [0.05, 0.1) is 23.3 Å². The molecule has 5 heteroatoms. The van der Waals surface area contributed by atoms with Crippen LogP contribution in [0.15, 0.2) is 42.5 Å². The van der Waals surface area contributed by atoms with Gasteiger partial charge in [0.1, 0.15) is 11.6 Å². The number of anilines is 1. The molecule has 1 amide bonds. The number of carbonyl (C=O) groups is 1.